The summed E-state index contributed by atoms with van der Waals surface area (Å²) in [6.07, 6.45) is 1.97. The van der Waals surface area contributed by atoms with Crippen LogP contribution in [0.3, 0.4) is 0 Å². The number of ether oxygens (including phenoxy) is 1. The predicted molar refractivity (Wildman–Crippen MR) is 64.4 cm³/mol. The summed E-state index contributed by atoms with van der Waals surface area (Å²) >= 11 is 0. The molecule has 0 spiro atoms. The fraction of sp³-hybridized carbons (Fsp3) is 0.538. The van der Waals surface area contributed by atoms with E-state index in [-0.39, 0.29) is 5.82 Å². The van der Waals surface area contributed by atoms with Gasteiger partial charge < -0.3 is 10.1 Å². The smallest absolute Gasteiger partial charge is 0.165 e. The zero-order valence-corrected chi connectivity index (χ0v) is 10.2. The summed E-state index contributed by atoms with van der Waals surface area (Å²) in [4.78, 5) is 0. The summed E-state index contributed by atoms with van der Waals surface area (Å²) in [6.45, 7) is 3.19. The van der Waals surface area contributed by atoms with E-state index in [2.05, 4.69) is 12.2 Å². The Balaban J connectivity index is 2.51. The lowest BCUT2D eigenvalue weighted by Crippen LogP contribution is -2.16. The Morgan fingerprint density at radius 3 is 2.75 bits per heavy atom. The minimum Gasteiger partial charge on any atom is -0.494 e. The SMILES string of the molecule is CNCC(C)CCc1ccc(OC)c(F)c1. The molecule has 1 rings (SSSR count). The van der Waals surface area contributed by atoms with Gasteiger partial charge in [-0.05, 0) is 50.0 Å². The maximum absolute atomic E-state index is 13.4. The highest BCUT2D eigenvalue weighted by Crippen LogP contribution is 2.19. The molecule has 16 heavy (non-hydrogen) atoms. The van der Waals surface area contributed by atoms with Crippen LogP contribution in [0.4, 0.5) is 4.39 Å². The molecule has 0 bridgehead atoms. The van der Waals surface area contributed by atoms with Crippen LogP contribution in [0.5, 0.6) is 5.75 Å². The van der Waals surface area contributed by atoms with Gasteiger partial charge in [-0.25, -0.2) is 4.39 Å². The van der Waals surface area contributed by atoms with Crippen molar-refractivity contribution in [2.24, 2.45) is 5.92 Å². The minimum atomic E-state index is -0.277. The van der Waals surface area contributed by atoms with Gasteiger partial charge in [0.2, 0.25) is 0 Å². The number of nitrogens with one attached hydrogen (secondary N) is 1. The molecule has 0 radical (unpaired) electrons. The lowest BCUT2D eigenvalue weighted by Gasteiger charge is -2.10. The van der Waals surface area contributed by atoms with Crippen molar-refractivity contribution in [3.05, 3.63) is 29.6 Å². The average Bonchev–Trinajstić information content (AvgIpc) is 2.27. The third-order valence-electron chi connectivity index (χ3n) is 2.69. The monoisotopic (exact) mass is 225 g/mol. The first-order valence-electron chi connectivity index (χ1n) is 5.64. The highest BCUT2D eigenvalue weighted by molar-refractivity contribution is 5.29. The van der Waals surface area contributed by atoms with Gasteiger partial charge in [-0.15, -0.1) is 0 Å². The van der Waals surface area contributed by atoms with Crippen LogP contribution in [0.1, 0.15) is 18.9 Å². The Kier molecular flexibility index (Phi) is 5.26. The van der Waals surface area contributed by atoms with Gasteiger partial charge in [0.05, 0.1) is 7.11 Å². The van der Waals surface area contributed by atoms with Gasteiger partial charge in [-0.3, -0.25) is 0 Å². The van der Waals surface area contributed by atoms with Gasteiger partial charge in [-0.1, -0.05) is 13.0 Å². The number of hydrogen-bond donors (Lipinski definition) is 1. The molecule has 0 aromatic heterocycles. The molecule has 0 heterocycles. The molecule has 1 aromatic carbocycles. The molecule has 1 atom stereocenters. The molecule has 0 saturated carbocycles. The van der Waals surface area contributed by atoms with E-state index >= 15 is 0 Å². The number of halogens is 1. The fourth-order valence-electron chi connectivity index (χ4n) is 1.73. The lowest BCUT2D eigenvalue weighted by molar-refractivity contribution is 0.386. The quantitative estimate of drug-likeness (QED) is 0.803. The summed E-state index contributed by atoms with van der Waals surface area (Å²) in [7, 11) is 3.43. The highest BCUT2D eigenvalue weighted by atomic mass is 19.1. The van der Waals surface area contributed by atoms with Crippen LogP contribution in [-0.4, -0.2) is 20.7 Å². The van der Waals surface area contributed by atoms with Crippen LogP contribution in [0.25, 0.3) is 0 Å². The third-order valence-corrected chi connectivity index (χ3v) is 2.69. The van der Waals surface area contributed by atoms with E-state index in [9.17, 15) is 4.39 Å². The molecule has 2 nitrogen and oxygen atoms in total. The minimum absolute atomic E-state index is 0.277. The van der Waals surface area contributed by atoms with Gasteiger partial charge in [0.1, 0.15) is 0 Å². The third kappa shape index (κ3) is 3.81. The molecule has 0 amide bonds. The fourth-order valence-corrected chi connectivity index (χ4v) is 1.73. The van der Waals surface area contributed by atoms with Gasteiger partial charge in [-0.2, -0.15) is 0 Å². The molecule has 0 fully saturated rings. The molecular weight excluding hydrogens is 205 g/mol. The van der Waals surface area contributed by atoms with Gasteiger partial charge in [0, 0.05) is 0 Å². The van der Waals surface area contributed by atoms with E-state index in [1.54, 1.807) is 12.1 Å². The molecule has 90 valence electrons. The Morgan fingerprint density at radius 2 is 2.19 bits per heavy atom. The van der Waals surface area contributed by atoms with E-state index in [0.717, 1.165) is 24.9 Å². The van der Waals surface area contributed by atoms with Crippen molar-refractivity contribution < 1.29 is 9.13 Å². The van der Waals surface area contributed by atoms with Crippen molar-refractivity contribution >= 4 is 0 Å². The van der Waals surface area contributed by atoms with Crippen LogP contribution in [0.2, 0.25) is 0 Å². The molecule has 1 unspecified atom stereocenters. The normalized spacial score (nSPS) is 12.5. The van der Waals surface area contributed by atoms with E-state index in [4.69, 9.17) is 4.74 Å². The zero-order chi connectivity index (χ0) is 12.0. The van der Waals surface area contributed by atoms with Crippen molar-refractivity contribution in [3.63, 3.8) is 0 Å². The van der Waals surface area contributed by atoms with Crippen LogP contribution >= 0.6 is 0 Å². The summed E-state index contributed by atoms with van der Waals surface area (Å²) in [5.41, 5.74) is 1.03. The maximum Gasteiger partial charge on any atom is 0.165 e. The van der Waals surface area contributed by atoms with Crippen LogP contribution in [-0.2, 0) is 6.42 Å². The molecule has 0 aliphatic carbocycles. The predicted octanol–water partition coefficient (Wildman–Crippen LogP) is 2.62. The Labute approximate surface area is 96.8 Å². The number of hydrogen-bond acceptors (Lipinski definition) is 2. The first-order chi connectivity index (χ1) is 7.67. The second-order valence-electron chi connectivity index (χ2n) is 4.17. The largest absolute Gasteiger partial charge is 0.494 e. The van der Waals surface area contributed by atoms with E-state index in [0.29, 0.717) is 11.7 Å². The van der Waals surface area contributed by atoms with Crippen molar-refractivity contribution in [3.8, 4) is 5.75 Å². The summed E-state index contributed by atoms with van der Waals surface area (Å²) in [5.74, 6) is 0.642. The maximum atomic E-state index is 13.4. The van der Waals surface area contributed by atoms with E-state index < -0.39 is 0 Å². The number of benzene rings is 1. The number of aryl methyl sites for hydroxylation is 1. The Bertz CT molecular complexity index is 328. The molecule has 0 saturated heterocycles. The van der Waals surface area contributed by atoms with Gasteiger partial charge in [0.25, 0.3) is 0 Å². The molecule has 0 aliphatic rings. The topological polar surface area (TPSA) is 21.3 Å². The zero-order valence-electron chi connectivity index (χ0n) is 10.2. The molecule has 1 aromatic rings. The second-order valence-corrected chi connectivity index (χ2v) is 4.17. The Morgan fingerprint density at radius 1 is 1.44 bits per heavy atom. The van der Waals surface area contributed by atoms with Crippen LogP contribution in [0, 0.1) is 11.7 Å². The summed E-state index contributed by atoms with van der Waals surface area (Å²) in [6, 6.07) is 5.17. The van der Waals surface area contributed by atoms with E-state index in [1.807, 2.05) is 13.1 Å². The molecular formula is C13H20FNO. The first-order valence-corrected chi connectivity index (χ1v) is 5.64. The standard InChI is InChI=1S/C13H20FNO/c1-10(9-15-2)4-5-11-6-7-13(16-3)12(14)8-11/h6-8,10,15H,4-5,9H2,1-3H3. The summed E-state index contributed by atoms with van der Waals surface area (Å²) < 4.78 is 18.3. The van der Waals surface area contributed by atoms with E-state index in [1.165, 1.54) is 7.11 Å². The van der Waals surface area contributed by atoms with Crippen molar-refractivity contribution in [1.82, 2.24) is 5.32 Å². The number of rotatable bonds is 6. The molecule has 0 aliphatic heterocycles. The van der Waals surface area contributed by atoms with Crippen LogP contribution < -0.4 is 10.1 Å². The van der Waals surface area contributed by atoms with Crippen LogP contribution in [0.15, 0.2) is 18.2 Å². The highest BCUT2D eigenvalue weighted by Gasteiger charge is 2.05. The Hall–Kier alpha value is -1.09. The van der Waals surface area contributed by atoms with Gasteiger partial charge >= 0.3 is 0 Å². The lowest BCUT2D eigenvalue weighted by atomic mass is 10.0. The average molecular weight is 225 g/mol. The molecule has 1 N–H and O–H groups in total. The van der Waals surface area contributed by atoms with Crippen molar-refractivity contribution in [2.45, 2.75) is 19.8 Å². The molecule has 3 heteroatoms. The van der Waals surface area contributed by atoms with Crippen molar-refractivity contribution in [1.29, 1.82) is 0 Å². The number of methoxy groups -OCH3 is 1. The second kappa shape index (κ2) is 6.48. The van der Waals surface area contributed by atoms with Gasteiger partial charge in [0.15, 0.2) is 11.6 Å². The summed E-state index contributed by atoms with van der Waals surface area (Å²) in [5, 5.41) is 3.14. The first kappa shape index (κ1) is 13.0. The van der Waals surface area contributed by atoms with Crippen molar-refractivity contribution in [2.75, 3.05) is 20.7 Å².